The number of hydrogen-bond acceptors (Lipinski definition) is 2. The van der Waals surface area contributed by atoms with Crippen molar-refractivity contribution in [2.45, 2.75) is 46.1 Å². The van der Waals surface area contributed by atoms with Gasteiger partial charge in [0.1, 0.15) is 0 Å². The van der Waals surface area contributed by atoms with Gasteiger partial charge < -0.3 is 5.32 Å². The number of unbranched alkanes of at least 4 members (excludes halogenated alkanes) is 2. The lowest BCUT2D eigenvalue weighted by atomic mass is 10.00. The van der Waals surface area contributed by atoms with Crippen molar-refractivity contribution in [2.75, 3.05) is 25.0 Å². The molecule has 1 aliphatic rings. The van der Waals surface area contributed by atoms with Crippen molar-refractivity contribution < 1.29 is 0 Å². The fourth-order valence-electron chi connectivity index (χ4n) is 3.47. The lowest BCUT2D eigenvalue weighted by molar-refractivity contribution is 0.248. The molecule has 0 aromatic heterocycles. The zero-order valence-electron chi connectivity index (χ0n) is 15.1. The summed E-state index contributed by atoms with van der Waals surface area (Å²) >= 11 is 0. The van der Waals surface area contributed by atoms with Gasteiger partial charge in [0, 0.05) is 25.3 Å². The third-order valence-corrected chi connectivity index (χ3v) is 5.20. The Bertz CT molecular complexity index is 663. The second kappa shape index (κ2) is 8.34. The molecule has 0 radical (unpaired) electrons. The topological polar surface area (TPSA) is 15.3 Å². The predicted molar refractivity (Wildman–Crippen MR) is 104 cm³/mol. The largest absolute Gasteiger partial charge is 0.385 e. The molecule has 2 nitrogen and oxygen atoms in total. The first-order chi connectivity index (χ1) is 11.7. The summed E-state index contributed by atoms with van der Waals surface area (Å²) in [5.41, 5.74) is 7.06. The Labute approximate surface area is 146 Å². The summed E-state index contributed by atoms with van der Waals surface area (Å²) < 4.78 is 0. The van der Waals surface area contributed by atoms with Gasteiger partial charge in [-0.3, -0.25) is 4.90 Å². The average molecular weight is 322 g/mol. The van der Waals surface area contributed by atoms with Crippen molar-refractivity contribution in [3.8, 4) is 0 Å². The normalized spacial score (nSPS) is 14.4. The highest BCUT2D eigenvalue weighted by molar-refractivity contribution is 5.47. The van der Waals surface area contributed by atoms with Crippen LogP contribution in [0.2, 0.25) is 0 Å². The molecule has 128 valence electrons. The van der Waals surface area contributed by atoms with E-state index in [2.05, 4.69) is 66.5 Å². The lowest BCUT2D eigenvalue weighted by Crippen LogP contribution is -2.31. The molecule has 24 heavy (non-hydrogen) atoms. The maximum absolute atomic E-state index is 3.55. The van der Waals surface area contributed by atoms with Crippen LogP contribution in [0.15, 0.2) is 42.5 Å². The third-order valence-electron chi connectivity index (χ3n) is 5.20. The van der Waals surface area contributed by atoms with E-state index in [0.717, 1.165) is 13.1 Å². The summed E-state index contributed by atoms with van der Waals surface area (Å²) in [5.74, 6) is 0. The molecule has 2 aromatic rings. The van der Waals surface area contributed by atoms with E-state index in [0.29, 0.717) is 0 Å². The SMILES string of the molecule is Cc1ccc(NCCCCCN2CCc3ccccc3C2)cc1C. The van der Waals surface area contributed by atoms with Gasteiger partial charge in [0.05, 0.1) is 0 Å². The van der Waals surface area contributed by atoms with Crippen LogP contribution in [0.3, 0.4) is 0 Å². The number of nitrogens with zero attached hydrogens (tertiary/aromatic N) is 1. The Morgan fingerprint density at radius 1 is 0.917 bits per heavy atom. The van der Waals surface area contributed by atoms with Crippen LogP contribution in [-0.2, 0) is 13.0 Å². The minimum Gasteiger partial charge on any atom is -0.385 e. The van der Waals surface area contributed by atoms with Crippen LogP contribution in [0.25, 0.3) is 0 Å². The first kappa shape index (κ1) is 17.0. The van der Waals surface area contributed by atoms with Crippen molar-refractivity contribution in [1.29, 1.82) is 0 Å². The molecule has 0 unspecified atom stereocenters. The fraction of sp³-hybridized carbons (Fsp3) is 0.455. The number of nitrogens with one attached hydrogen (secondary N) is 1. The van der Waals surface area contributed by atoms with Crippen LogP contribution in [-0.4, -0.2) is 24.5 Å². The summed E-state index contributed by atoms with van der Waals surface area (Å²) in [6, 6.07) is 15.5. The summed E-state index contributed by atoms with van der Waals surface area (Å²) in [4.78, 5) is 2.61. The Morgan fingerprint density at radius 3 is 2.58 bits per heavy atom. The fourth-order valence-corrected chi connectivity index (χ4v) is 3.47. The van der Waals surface area contributed by atoms with Gasteiger partial charge in [0.15, 0.2) is 0 Å². The van der Waals surface area contributed by atoms with Crippen molar-refractivity contribution in [3.05, 3.63) is 64.7 Å². The number of benzene rings is 2. The molecule has 1 aliphatic heterocycles. The van der Waals surface area contributed by atoms with Crippen LogP contribution in [0, 0.1) is 13.8 Å². The van der Waals surface area contributed by atoms with E-state index in [4.69, 9.17) is 0 Å². The molecule has 3 rings (SSSR count). The standard InChI is InChI=1S/C22H30N2/c1-18-10-11-22(16-19(18)2)23-13-6-3-7-14-24-15-12-20-8-4-5-9-21(20)17-24/h4-5,8-11,16,23H,3,6-7,12-15,17H2,1-2H3. The monoisotopic (exact) mass is 322 g/mol. The lowest BCUT2D eigenvalue weighted by Gasteiger charge is -2.28. The van der Waals surface area contributed by atoms with Crippen LogP contribution in [0.1, 0.15) is 41.5 Å². The van der Waals surface area contributed by atoms with Crippen LogP contribution >= 0.6 is 0 Å². The van der Waals surface area contributed by atoms with Gasteiger partial charge in [0.2, 0.25) is 0 Å². The van der Waals surface area contributed by atoms with Gasteiger partial charge in [0.25, 0.3) is 0 Å². The van der Waals surface area contributed by atoms with Crippen LogP contribution in [0.5, 0.6) is 0 Å². The molecule has 0 aliphatic carbocycles. The number of hydrogen-bond donors (Lipinski definition) is 1. The van der Waals surface area contributed by atoms with E-state index in [1.807, 2.05) is 0 Å². The minimum atomic E-state index is 1.07. The molecule has 0 spiro atoms. The minimum absolute atomic E-state index is 1.07. The summed E-state index contributed by atoms with van der Waals surface area (Å²) in [7, 11) is 0. The van der Waals surface area contributed by atoms with Gasteiger partial charge in [-0.25, -0.2) is 0 Å². The van der Waals surface area contributed by atoms with Gasteiger partial charge >= 0.3 is 0 Å². The van der Waals surface area contributed by atoms with E-state index in [1.165, 1.54) is 61.2 Å². The highest BCUT2D eigenvalue weighted by Gasteiger charge is 2.14. The summed E-state index contributed by atoms with van der Waals surface area (Å²) in [6.07, 6.45) is 5.06. The van der Waals surface area contributed by atoms with Gasteiger partial charge in [-0.05, 0) is 74.0 Å². The Kier molecular flexibility index (Phi) is 5.92. The molecule has 0 bridgehead atoms. The van der Waals surface area contributed by atoms with Crippen molar-refractivity contribution in [3.63, 3.8) is 0 Å². The van der Waals surface area contributed by atoms with Gasteiger partial charge in [-0.15, -0.1) is 0 Å². The molecule has 0 fully saturated rings. The number of anilines is 1. The zero-order chi connectivity index (χ0) is 16.8. The van der Waals surface area contributed by atoms with Gasteiger partial charge in [-0.2, -0.15) is 0 Å². The summed E-state index contributed by atoms with van der Waals surface area (Å²) in [6.45, 7) is 9.01. The molecular formula is C22H30N2. The highest BCUT2D eigenvalue weighted by atomic mass is 15.1. The molecule has 0 saturated carbocycles. The molecule has 2 heteroatoms. The Balaban J connectivity index is 1.31. The second-order valence-electron chi connectivity index (χ2n) is 7.08. The molecule has 1 N–H and O–H groups in total. The number of aryl methyl sites for hydroxylation is 2. The predicted octanol–water partition coefficient (Wildman–Crippen LogP) is 4.94. The molecule has 0 saturated heterocycles. The maximum atomic E-state index is 3.55. The zero-order valence-corrected chi connectivity index (χ0v) is 15.1. The van der Waals surface area contributed by atoms with E-state index < -0.39 is 0 Å². The number of fused-ring (bicyclic) bond motifs is 1. The number of rotatable bonds is 7. The van der Waals surface area contributed by atoms with Crippen LogP contribution in [0.4, 0.5) is 5.69 Å². The molecule has 0 atom stereocenters. The van der Waals surface area contributed by atoms with E-state index in [1.54, 1.807) is 5.56 Å². The van der Waals surface area contributed by atoms with Gasteiger partial charge in [-0.1, -0.05) is 36.8 Å². The quantitative estimate of drug-likeness (QED) is 0.726. The smallest absolute Gasteiger partial charge is 0.0342 e. The molecule has 0 amide bonds. The first-order valence-corrected chi connectivity index (χ1v) is 9.32. The molecule has 1 heterocycles. The average Bonchev–Trinajstić information content (AvgIpc) is 2.61. The van der Waals surface area contributed by atoms with Crippen molar-refractivity contribution in [1.82, 2.24) is 4.90 Å². The third kappa shape index (κ3) is 4.61. The Morgan fingerprint density at radius 2 is 1.75 bits per heavy atom. The van der Waals surface area contributed by atoms with E-state index in [9.17, 15) is 0 Å². The van der Waals surface area contributed by atoms with E-state index in [-0.39, 0.29) is 0 Å². The Hall–Kier alpha value is -1.80. The van der Waals surface area contributed by atoms with Crippen molar-refractivity contribution in [2.24, 2.45) is 0 Å². The molecular weight excluding hydrogens is 292 g/mol. The maximum Gasteiger partial charge on any atom is 0.0342 e. The van der Waals surface area contributed by atoms with E-state index >= 15 is 0 Å². The van der Waals surface area contributed by atoms with Crippen molar-refractivity contribution >= 4 is 5.69 Å². The highest BCUT2D eigenvalue weighted by Crippen LogP contribution is 2.19. The second-order valence-corrected chi connectivity index (χ2v) is 7.08. The molecule has 2 aromatic carbocycles. The summed E-state index contributed by atoms with van der Waals surface area (Å²) in [5, 5.41) is 3.55. The first-order valence-electron chi connectivity index (χ1n) is 9.32. The van der Waals surface area contributed by atoms with Crippen LogP contribution < -0.4 is 5.32 Å².